The number of rotatable bonds is 6. The third kappa shape index (κ3) is 3.35. The number of carboxylic acids is 1. The molecule has 1 atom stereocenters. The van der Waals surface area contributed by atoms with E-state index in [0.29, 0.717) is 22.6 Å². The van der Waals surface area contributed by atoms with Crippen LogP contribution in [0.3, 0.4) is 0 Å². The SMILES string of the molecule is COc1cc(C(C)F)cc(CCC(=O)O)c1OC. The molecule has 1 aromatic carbocycles. The van der Waals surface area contributed by atoms with Gasteiger partial charge in [0.25, 0.3) is 0 Å². The van der Waals surface area contributed by atoms with Gasteiger partial charge < -0.3 is 14.6 Å². The average Bonchev–Trinajstić information content (AvgIpc) is 2.34. The van der Waals surface area contributed by atoms with E-state index in [0.717, 1.165) is 0 Å². The standard InChI is InChI=1S/C13H17FO4/c1-8(14)10-6-9(4-5-12(15)16)13(18-3)11(7-10)17-2/h6-8H,4-5H2,1-3H3,(H,15,16). The number of methoxy groups -OCH3 is 2. The number of aryl methyl sites for hydroxylation is 1. The molecule has 4 nitrogen and oxygen atoms in total. The van der Waals surface area contributed by atoms with Crippen LogP contribution in [0.1, 0.15) is 30.6 Å². The van der Waals surface area contributed by atoms with Crippen LogP contribution in [0.25, 0.3) is 0 Å². The Balaban J connectivity index is 3.17. The molecule has 0 aromatic heterocycles. The molecule has 0 saturated heterocycles. The molecule has 0 spiro atoms. The average molecular weight is 256 g/mol. The molecule has 0 aliphatic carbocycles. The van der Waals surface area contributed by atoms with Crippen LogP contribution >= 0.6 is 0 Å². The number of ether oxygens (including phenoxy) is 2. The summed E-state index contributed by atoms with van der Waals surface area (Å²) in [6.45, 7) is 1.42. The fourth-order valence-electron chi connectivity index (χ4n) is 1.72. The topological polar surface area (TPSA) is 55.8 Å². The van der Waals surface area contributed by atoms with Crippen LogP contribution in [0.5, 0.6) is 11.5 Å². The Bertz CT molecular complexity index is 429. The van der Waals surface area contributed by atoms with Crippen molar-refractivity contribution < 1.29 is 23.8 Å². The summed E-state index contributed by atoms with van der Waals surface area (Å²) in [6.07, 6.45) is -0.910. The van der Waals surface area contributed by atoms with Gasteiger partial charge in [-0.1, -0.05) is 0 Å². The number of aliphatic carboxylic acids is 1. The lowest BCUT2D eigenvalue weighted by Gasteiger charge is -2.15. The summed E-state index contributed by atoms with van der Waals surface area (Å²) in [7, 11) is 2.94. The molecular weight excluding hydrogens is 239 g/mol. The van der Waals surface area contributed by atoms with Crippen LogP contribution < -0.4 is 9.47 Å². The Morgan fingerprint density at radius 2 is 2.06 bits per heavy atom. The zero-order valence-corrected chi connectivity index (χ0v) is 10.7. The lowest BCUT2D eigenvalue weighted by atomic mass is 10.0. The van der Waals surface area contributed by atoms with Crippen LogP contribution in [0.2, 0.25) is 0 Å². The predicted octanol–water partition coefficient (Wildman–Crippen LogP) is 2.75. The lowest BCUT2D eigenvalue weighted by molar-refractivity contribution is -0.136. The molecule has 0 amide bonds. The third-order valence-electron chi connectivity index (χ3n) is 2.65. The summed E-state index contributed by atoms with van der Waals surface area (Å²) >= 11 is 0. The second-order valence-electron chi connectivity index (χ2n) is 3.93. The molecule has 1 rings (SSSR count). The third-order valence-corrected chi connectivity index (χ3v) is 2.65. The first-order valence-electron chi connectivity index (χ1n) is 5.60. The van der Waals surface area contributed by atoms with E-state index in [-0.39, 0.29) is 12.8 Å². The highest BCUT2D eigenvalue weighted by Gasteiger charge is 2.15. The maximum atomic E-state index is 13.4. The Kier molecular flexibility index (Phi) is 4.95. The van der Waals surface area contributed by atoms with E-state index in [9.17, 15) is 9.18 Å². The van der Waals surface area contributed by atoms with Crippen molar-refractivity contribution in [2.24, 2.45) is 0 Å². The predicted molar refractivity (Wildman–Crippen MR) is 65.0 cm³/mol. The van der Waals surface area contributed by atoms with Crippen molar-refractivity contribution in [3.8, 4) is 11.5 Å². The molecule has 0 saturated carbocycles. The number of halogens is 1. The van der Waals surface area contributed by atoms with E-state index < -0.39 is 12.1 Å². The van der Waals surface area contributed by atoms with Gasteiger partial charge in [-0.05, 0) is 36.6 Å². The number of alkyl halides is 1. The van der Waals surface area contributed by atoms with E-state index in [1.807, 2.05) is 0 Å². The van der Waals surface area contributed by atoms with Gasteiger partial charge in [-0.3, -0.25) is 4.79 Å². The zero-order valence-electron chi connectivity index (χ0n) is 10.7. The molecule has 1 unspecified atom stereocenters. The molecular formula is C13H17FO4. The smallest absolute Gasteiger partial charge is 0.303 e. The first-order chi connectivity index (χ1) is 8.49. The van der Waals surface area contributed by atoms with Gasteiger partial charge in [-0.15, -0.1) is 0 Å². The molecule has 0 radical (unpaired) electrons. The van der Waals surface area contributed by atoms with Crippen molar-refractivity contribution in [1.82, 2.24) is 0 Å². The molecule has 18 heavy (non-hydrogen) atoms. The maximum Gasteiger partial charge on any atom is 0.303 e. The molecule has 1 N–H and O–H groups in total. The largest absolute Gasteiger partial charge is 0.493 e. The number of benzene rings is 1. The van der Waals surface area contributed by atoms with Crippen molar-refractivity contribution in [2.45, 2.75) is 25.9 Å². The zero-order chi connectivity index (χ0) is 13.7. The van der Waals surface area contributed by atoms with Gasteiger partial charge in [0.2, 0.25) is 0 Å². The molecule has 0 bridgehead atoms. The van der Waals surface area contributed by atoms with Gasteiger partial charge in [-0.2, -0.15) is 0 Å². The number of carbonyl (C=O) groups is 1. The van der Waals surface area contributed by atoms with Crippen molar-refractivity contribution >= 4 is 5.97 Å². The van der Waals surface area contributed by atoms with Crippen molar-refractivity contribution in [1.29, 1.82) is 0 Å². The molecule has 0 fully saturated rings. The monoisotopic (exact) mass is 256 g/mol. The van der Waals surface area contributed by atoms with E-state index in [1.54, 1.807) is 12.1 Å². The van der Waals surface area contributed by atoms with Crippen LogP contribution in [-0.4, -0.2) is 25.3 Å². The second-order valence-corrected chi connectivity index (χ2v) is 3.93. The fourth-order valence-corrected chi connectivity index (χ4v) is 1.72. The Morgan fingerprint density at radius 3 is 2.50 bits per heavy atom. The molecule has 100 valence electrons. The summed E-state index contributed by atoms with van der Waals surface area (Å²) in [5.41, 5.74) is 1.09. The van der Waals surface area contributed by atoms with E-state index in [2.05, 4.69) is 0 Å². The Labute approximate surface area is 105 Å². The quantitative estimate of drug-likeness (QED) is 0.850. The van der Waals surface area contributed by atoms with Gasteiger partial charge in [0, 0.05) is 6.42 Å². The summed E-state index contributed by atoms with van der Waals surface area (Å²) in [5.74, 6) is -0.0299. The van der Waals surface area contributed by atoms with Crippen LogP contribution in [0, 0.1) is 0 Å². The highest BCUT2D eigenvalue weighted by molar-refractivity contribution is 5.67. The summed E-state index contributed by atoms with van der Waals surface area (Å²) in [4.78, 5) is 10.6. The van der Waals surface area contributed by atoms with Crippen LogP contribution in [0.4, 0.5) is 4.39 Å². The minimum Gasteiger partial charge on any atom is -0.493 e. The van der Waals surface area contributed by atoms with Crippen molar-refractivity contribution in [2.75, 3.05) is 14.2 Å². The highest BCUT2D eigenvalue weighted by atomic mass is 19.1. The maximum absolute atomic E-state index is 13.4. The van der Waals surface area contributed by atoms with Crippen molar-refractivity contribution in [3.63, 3.8) is 0 Å². The minimum atomic E-state index is -1.15. The summed E-state index contributed by atoms with van der Waals surface area (Å²) in [6, 6.07) is 3.18. The summed E-state index contributed by atoms with van der Waals surface area (Å²) in [5, 5.41) is 8.70. The first-order valence-corrected chi connectivity index (χ1v) is 5.60. The van der Waals surface area contributed by atoms with E-state index in [1.165, 1.54) is 21.1 Å². The molecule has 0 heterocycles. The van der Waals surface area contributed by atoms with Crippen LogP contribution in [0.15, 0.2) is 12.1 Å². The van der Waals surface area contributed by atoms with Gasteiger partial charge >= 0.3 is 5.97 Å². The molecule has 1 aromatic rings. The first kappa shape index (κ1) is 14.3. The minimum absolute atomic E-state index is 0.0381. The fraction of sp³-hybridized carbons (Fsp3) is 0.462. The normalized spacial score (nSPS) is 12.0. The van der Waals surface area contributed by atoms with Crippen molar-refractivity contribution in [3.05, 3.63) is 23.3 Å². The Morgan fingerprint density at radius 1 is 1.39 bits per heavy atom. The second kappa shape index (κ2) is 6.23. The number of hydrogen-bond acceptors (Lipinski definition) is 3. The van der Waals surface area contributed by atoms with Gasteiger partial charge in [-0.25, -0.2) is 4.39 Å². The molecule has 5 heteroatoms. The van der Waals surface area contributed by atoms with Gasteiger partial charge in [0.1, 0.15) is 6.17 Å². The highest BCUT2D eigenvalue weighted by Crippen LogP contribution is 2.35. The molecule has 0 aliphatic rings. The number of hydrogen-bond donors (Lipinski definition) is 1. The Hall–Kier alpha value is -1.78. The van der Waals surface area contributed by atoms with Gasteiger partial charge in [0.05, 0.1) is 14.2 Å². The lowest BCUT2D eigenvalue weighted by Crippen LogP contribution is -2.02. The summed E-state index contributed by atoms with van der Waals surface area (Å²) < 4.78 is 23.7. The number of carboxylic acid groups (broad SMARTS) is 1. The molecule has 0 aliphatic heterocycles. The van der Waals surface area contributed by atoms with E-state index >= 15 is 0 Å². The van der Waals surface area contributed by atoms with Crippen LogP contribution in [-0.2, 0) is 11.2 Å². The van der Waals surface area contributed by atoms with E-state index in [4.69, 9.17) is 14.6 Å². The van der Waals surface area contributed by atoms with Gasteiger partial charge in [0.15, 0.2) is 11.5 Å².